The number of carbonyl (C=O) groups is 1. The van der Waals surface area contributed by atoms with Gasteiger partial charge in [0, 0.05) is 6.04 Å². The normalized spacial score (nSPS) is 12.2. The fourth-order valence-electron chi connectivity index (χ4n) is 1.36. The molecule has 0 saturated heterocycles. The van der Waals surface area contributed by atoms with Crippen molar-refractivity contribution in [3.05, 3.63) is 35.1 Å². The number of rotatable bonds is 4. The molecule has 0 heterocycles. The average molecular weight is 225 g/mol. The van der Waals surface area contributed by atoms with Crippen molar-refractivity contribution < 1.29 is 13.9 Å². The highest BCUT2D eigenvalue weighted by Crippen LogP contribution is 2.17. The second kappa shape index (κ2) is 5.61. The number of hydrogen-bond donors (Lipinski definition) is 1. The van der Waals surface area contributed by atoms with Crippen molar-refractivity contribution in [2.45, 2.75) is 26.3 Å². The number of carbonyl (C=O) groups excluding carboxylic acids is 1. The summed E-state index contributed by atoms with van der Waals surface area (Å²) in [4.78, 5) is 11.2. The number of nitrogens with two attached hydrogens (primary N) is 1. The molecule has 1 rings (SSSR count). The van der Waals surface area contributed by atoms with E-state index >= 15 is 0 Å². The summed E-state index contributed by atoms with van der Waals surface area (Å²) in [7, 11) is 0. The minimum absolute atomic E-state index is 0.0658. The first-order valence-corrected chi connectivity index (χ1v) is 5.21. The molecule has 0 unspecified atom stereocenters. The predicted molar refractivity (Wildman–Crippen MR) is 59.3 cm³/mol. The van der Waals surface area contributed by atoms with Gasteiger partial charge in [0.05, 0.1) is 13.0 Å². The Morgan fingerprint density at radius 1 is 1.56 bits per heavy atom. The van der Waals surface area contributed by atoms with Crippen LogP contribution in [0.4, 0.5) is 4.39 Å². The molecule has 2 N–H and O–H groups in total. The third kappa shape index (κ3) is 3.31. The van der Waals surface area contributed by atoms with Crippen LogP contribution in [0.15, 0.2) is 18.2 Å². The maximum Gasteiger partial charge on any atom is 0.307 e. The van der Waals surface area contributed by atoms with Crippen LogP contribution in [0.2, 0.25) is 0 Å². The van der Waals surface area contributed by atoms with Gasteiger partial charge in [-0.25, -0.2) is 4.39 Å². The van der Waals surface area contributed by atoms with Gasteiger partial charge in [0.2, 0.25) is 0 Å². The summed E-state index contributed by atoms with van der Waals surface area (Å²) in [5.41, 5.74) is 6.95. The summed E-state index contributed by atoms with van der Waals surface area (Å²) in [6.45, 7) is 3.73. The molecule has 0 aromatic heterocycles. The quantitative estimate of drug-likeness (QED) is 0.798. The van der Waals surface area contributed by atoms with Crippen LogP contribution in [0.3, 0.4) is 0 Å². The number of aryl methyl sites for hydroxylation is 1. The number of ether oxygens (including phenoxy) is 1. The van der Waals surface area contributed by atoms with E-state index in [9.17, 15) is 9.18 Å². The first-order chi connectivity index (χ1) is 7.54. The van der Waals surface area contributed by atoms with E-state index in [0.29, 0.717) is 17.7 Å². The molecule has 88 valence electrons. The van der Waals surface area contributed by atoms with E-state index in [1.54, 1.807) is 26.0 Å². The van der Waals surface area contributed by atoms with Crippen molar-refractivity contribution in [2.75, 3.05) is 6.61 Å². The lowest BCUT2D eigenvalue weighted by molar-refractivity contribution is -0.143. The molecule has 0 fully saturated rings. The molecule has 0 aliphatic rings. The van der Waals surface area contributed by atoms with Crippen LogP contribution in [0.5, 0.6) is 0 Å². The third-order valence-corrected chi connectivity index (χ3v) is 2.32. The molecule has 0 aliphatic carbocycles. The highest BCUT2D eigenvalue weighted by molar-refractivity contribution is 5.70. The molecule has 0 aliphatic heterocycles. The Bertz CT molecular complexity index is 379. The lowest BCUT2D eigenvalue weighted by Crippen LogP contribution is -2.17. The molecule has 0 radical (unpaired) electrons. The first-order valence-electron chi connectivity index (χ1n) is 5.21. The van der Waals surface area contributed by atoms with Crippen molar-refractivity contribution in [3.63, 3.8) is 0 Å². The molecule has 1 aromatic rings. The predicted octanol–water partition coefficient (Wildman–Crippen LogP) is 2.09. The second-order valence-corrected chi connectivity index (χ2v) is 3.62. The zero-order valence-electron chi connectivity index (χ0n) is 9.50. The molecular weight excluding hydrogens is 209 g/mol. The van der Waals surface area contributed by atoms with Crippen LogP contribution in [0.25, 0.3) is 0 Å². The fraction of sp³-hybridized carbons (Fsp3) is 0.417. The van der Waals surface area contributed by atoms with Gasteiger partial charge in [-0.3, -0.25) is 4.79 Å². The van der Waals surface area contributed by atoms with Crippen molar-refractivity contribution in [1.82, 2.24) is 0 Å². The average Bonchev–Trinajstić information content (AvgIpc) is 2.22. The molecular formula is C12H16FNO2. The van der Waals surface area contributed by atoms with Gasteiger partial charge in [-0.1, -0.05) is 12.1 Å². The molecule has 1 aromatic carbocycles. The molecule has 0 amide bonds. The molecule has 0 spiro atoms. The highest BCUT2D eigenvalue weighted by atomic mass is 19.1. The van der Waals surface area contributed by atoms with E-state index < -0.39 is 6.04 Å². The fourth-order valence-corrected chi connectivity index (χ4v) is 1.36. The van der Waals surface area contributed by atoms with Gasteiger partial charge in [-0.15, -0.1) is 0 Å². The van der Waals surface area contributed by atoms with Gasteiger partial charge >= 0.3 is 5.97 Å². The van der Waals surface area contributed by atoms with Crippen molar-refractivity contribution in [2.24, 2.45) is 5.73 Å². The van der Waals surface area contributed by atoms with Gasteiger partial charge in [-0.2, -0.15) is 0 Å². The van der Waals surface area contributed by atoms with Gasteiger partial charge < -0.3 is 10.5 Å². The number of halogens is 1. The van der Waals surface area contributed by atoms with Crippen LogP contribution < -0.4 is 5.73 Å². The third-order valence-electron chi connectivity index (χ3n) is 2.32. The van der Waals surface area contributed by atoms with E-state index in [-0.39, 0.29) is 18.2 Å². The summed E-state index contributed by atoms with van der Waals surface area (Å²) < 4.78 is 18.0. The molecule has 1 atom stereocenters. The largest absolute Gasteiger partial charge is 0.466 e. The topological polar surface area (TPSA) is 52.3 Å². The van der Waals surface area contributed by atoms with Gasteiger partial charge in [0.1, 0.15) is 5.82 Å². The van der Waals surface area contributed by atoms with E-state index in [0.717, 1.165) is 0 Å². The zero-order chi connectivity index (χ0) is 12.1. The molecule has 0 saturated carbocycles. The molecule has 16 heavy (non-hydrogen) atoms. The van der Waals surface area contributed by atoms with Crippen LogP contribution in [0.1, 0.15) is 30.5 Å². The van der Waals surface area contributed by atoms with Gasteiger partial charge in [0.25, 0.3) is 0 Å². The van der Waals surface area contributed by atoms with Crippen LogP contribution >= 0.6 is 0 Å². The summed E-state index contributed by atoms with van der Waals surface area (Å²) >= 11 is 0. The summed E-state index contributed by atoms with van der Waals surface area (Å²) in [5.74, 6) is -0.673. The number of benzene rings is 1. The number of hydrogen-bond acceptors (Lipinski definition) is 3. The van der Waals surface area contributed by atoms with E-state index in [4.69, 9.17) is 10.5 Å². The highest BCUT2D eigenvalue weighted by Gasteiger charge is 2.13. The maximum absolute atomic E-state index is 13.3. The van der Waals surface area contributed by atoms with Crippen LogP contribution in [-0.2, 0) is 9.53 Å². The van der Waals surface area contributed by atoms with Crippen LogP contribution in [-0.4, -0.2) is 12.6 Å². The van der Waals surface area contributed by atoms with E-state index in [2.05, 4.69) is 0 Å². The SMILES string of the molecule is CCOC(=O)C[C@H](N)c1ccc(C)c(F)c1. The van der Waals surface area contributed by atoms with Crippen molar-refractivity contribution in [1.29, 1.82) is 0 Å². The Balaban J connectivity index is 2.69. The Morgan fingerprint density at radius 2 is 2.25 bits per heavy atom. The minimum atomic E-state index is -0.519. The van der Waals surface area contributed by atoms with Crippen molar-refractivity contribution >= 4 is 5.97 Å². The maximum atomic E-state index is 13.3. The van der Waals surface area contributed by atoms with Crippen molar-refractivity contribution in [3.8, 4) is 0 Å². The van der Waals surface area contributed by atoms with E-state index in [1.165, 1.54) is 6.07 Å². The smallest absolute Gasteiger partial charge is 0.307 e. The van der Waals surface area contributed by atoms with Crippen LogP contribution in [0, 0.1) is 12.7 Å². The molecule has 0 bridgehead atoms. The first kappa shape index (κ1) is 12.6. The number of esters is 1. The Morgan fingerprint density at radius 3 is 2.81 bits per heavy atom. The second-order valence-electron chi connectivity index (χ2n) is 3.62. The van der Waals surface area contributed by atoms with Gasteiger partial charge in [-0.05, 0) is 31.0 Å². The Kier molecular flexibility index (Phi) is 4.43. The minimum Gasteiger partial charge on any atom is -0.466 e. The standard InChI is InChI=1S/C12H16FNO2/c1-3-16-12(15)7-11(14)9-5-4-8(2)10(13)6-9/h4-6,11H,3,7,14H2,1-2H3/t11-/m0/s1. The zero-order valence-corrected chi connectivity index (χ0v) is 9.50. The Hall–Kier alpha value is -1.42. The monoisotopic (exact) mass is 225 g/mol. The molecule has 4 heteroatoms. The Labute approximate surface area is 94.4 Å². The lowest BCUT2D eigenvalue weighted by Gasteiger charge is -2.11. The van der Waals surface area contributed by atoms with Gasteiger partial charge in [0.15, 0.2) is 0 Å². The molecule has 3 nitrogen and oxygen atoms in total. The summed E-state index contributed by atoms with van der Waals surface area (Å²) in [5, 5.41) is 0. The van der Waals surface area contributed by atoms with E-state index in [1.807, 2.05) is 0 Å². The lowest BCUT2D eigenvalue weighted by atomic mass is 10.0. The summed E-state index contributed by atoms with van der Waals surface area (Å²) in [6, 6.07) is 4.21. The summed E-state index contributed by atoms with van der Waals surface area (Å²) in [6.07, 6.45) is 0.0658.